The molecule has 1 amide bonds. The Morgan fingerprint density at radius 3 is 2.78 bits per heavy atom. The number of hydrogen-bond acceptors (Lipinski definition) is 5. The van der Waals surface area contributed by atoms with Gasteiger partial charge in [-0.05, 0) is 35.9 Å². The molecular formula is C16H12N4O3. The van der Waals surface area contributed by atoms with Crippen LogP contribution in [0.2, 0.25) is 0 Å². The molecule has 1 heterocycles. The van der Waals surface area contributed by atoms with Gasteiger partial charge in [0.05, 0.1) is 23.0 Å². The topological polar surface area (TPSA) is 99.3 Å². The van der Waals surface area contributed by atoms with Gasteiger partial charge in [0.25, 0.3) is 5.69 Å². The lowest BCUT2D eigenvalue weighted by atomic mass is 10.1. The molecule has 1 N–H and O–H groups in total. The highest BCUT2D eigenvalue weighted by molar-refractivity contribution is 6.01. The second kappa shape index (κ2) is 5.42. The summed E-state index contributed by atoms with van der Waals surface area (Å²) in [4.78, 5) is 23.9. The van der Waals surface area contributed by atoms with E-state index in [1.54, 1.807) is 30.1 Å². The summed E-state index contributed by atoms with van der Waals surface area (Å²) in [6.07, 6.45) is 0.307. The number of nitro groups is 1. The minimum atomic E-state index is -0.506. The highest BCUT2D eigenvalue weighted by Gasteiger charge is 2.24. The number of carbonyl (C=O) groups excluding carboxylic acids is 1. The van der Waals surface area contributed by atoms with Gasteiger partial charge < -0.3 is 10.2 Å². The van der Waals surface area contributed by atoms with Crippen molar-refractivity contribution in [2.45, 2.75) is 6.42 Å². The highest BCUT2D eigenvalue weighted by Crippen LogP contribution is 2.33. The van der Waals surface area contributed by atoms with Crippen LogP contribution in [0.3, 0.4) is 0 Å². The lowest BCUT2D eigenvalue weighted by Crippen LogP contribution is -2.20. The van der Waals surface area contributed by atoms with Crippen LogP contribution < -0.4 is 10.2 Å². The van der Waals surface area contributed by atoms with E-state index < -0.39 is 4.92 Å². The van der Waals surface area contributed by atoms with Crippen LogP contribution in [0.1, 0.15) is 11.1 Å². The van der Waals surface area contributed by atoms with E-state index in [0.29, 0.717) is 17.7 Å². The Hall–Kier alpha value is -3.40. The van der Waals surface area contributed by atoms with Gasteiger partial charge in [0.2, 0.25) is 5.91 Å². The van der Waals surface area contributed by atoms with Gasteiger partial charge in [0.1, 0.15) is 5.69 Å². The molecule has 0 radical (unpaired) electrons. The Morgan fingerprint density at radius 1 is 1.30 bits per heavy atom. The number of benzene rings is 2. The van der Waals surface area contributed by atoms with E-state index in [4.69, 9.17) is 5.26 Å². The van der Waals surface area contributed by atoms with Crippen LogP contribution in [0, 0.1) is 21.4 Å². The molecule has 1 aliphatic rings. The van der Waals surface area contributed by atoms with Crippen molar-refractivity contribution in [1.82, 2.24) is 0 Å². The van der Waals surface area contributed by atoms with E-state index >= 15 is 0 Å². The molecule has 0 unspecified atom stereocenters. The zero-order chi connectivity index (χ0) is 16.6. The number of hydrogen-bond donors (Lipinski definition) is 1. The number of nitriles is 1. The lowest BCUT2D eigenvalue weighted by molar-refractivity contribution is -0.383. The molecule has 0 fully saturated rings. The summed E-state index contributed by atoms with van der Waals surface area (Å²) in [6.45, 7) is 0. The number of likely N-dealkylation sites (N-methyl/N-ethyl adjacent to an activating group) is 1. The average molecular weight is 308 g/mol. The first-order valence-corrected chi connectivity index (χ1v) is 6.84. The van der Waals surface area contributed by atoms with Gasteiger partial charge in [0, 0.05) is 24.5 Å². The molecule has 7 heteroatoms. The Labute approximate surface area is 131 Å². The fourth-order valence-corrected chi connectivity index (χ4v) is 2.57. The van der Waals surface area contributed by atoms with E-state index in [1.165, 1.54) is 18.2 Å². The molecule has 0 bridgehead atoms. The summed E-state index contributed by atoms with van der Waals surface area (Å²) in [5.74, 6) is 0.00890. The van der Waals surface area contributed by atoms with Crippen molar-refractivity contribution in [2.24, 2.45) is 0 Å². The van der Waals surface area contributed by atoms with E-state index in [-0.39, 0.29) is 17.3 Å². The summed E-state index contributed by atoms with van der Waals surface area (Å²) in [5, 5.41) is 23.0. The number of nitrogens with one attached hydrogen (secondary N) is 1. The lowest BCUT2D eigenvalue weighted by Gasteiger charge is -2.12. The number of nitro benzene ring substituents is 1. The summed E-state index contributed by atoms with van der Waals surface area (Å²) in [5.41, 5.74) is 2.78. The number of amides is 1. The smallest absolute Gasteiger partial charge is 0.292 e. The normalized spacial score (nSPS) is 12.7. The van der Waals surface area contributed by atoms with Crippen molar-refractivity contribution in [3.05, 3.63) is 57.6 Å². The van der Waals surface area contributed by atoms with Crippen LogP contribution in [0.4, 0.5) is 22.7 Å². The van der Waals surface area contributed by atoms with Gasteiger partial charge in [0.15, 0.2) is 0 Å². The van der Waals surface area contributed by atoms with Gasteiger partial charge in [-0.2, -0.15) is 5.26 Å². The fourth-order valence-electron chi connectivity index (χ4n) is 2.57. The van der Waals surface area contributed by atoms with Crippen molar-refractivity contribution >= 4 is 28.7 Å². The van der Waals surface area contributed by atoms with Crippen LogP contribution in [-0.4, -0.2) is 17.9 Å². The van der Waals surface area contributed by atoms with Gasteiger partial charge in [-0.25, -0.2) is 0 Å². The summed E-state index contributed by atoms with van der Waals surface area (Å²) >= 11 is 0. The molecule has 0 aliphatic carbocycles. The van der Waals surface area contributed by atoms with Crippen LogP contribution in [-0.2, 0) is 11.2 Å². The summed E-state index contributed by atoms with van der Waals surface area (Å²) in [7, 11) is 1.71. The molecule has 2 aromatic rings. The maximum Gasteiger partial charge on any atom is 0.292 e. The molecule has 0 saturated carbocycles. The van der Waals surface area contributed by atoms with Crippen molar-refractivity contribution in [2.75, 3.05) is 17.3 Å². The zero-order valence-corrected chi connectivity index (χ0v) is 12.2. The van der Waals surface area contributed by atoms with Crippen LogP contribution in [0.25, 0.3) is 0 Å². The fraction of sp³-hybridized carbons (Fsp3) is 0.125. The largest absolute Gasteiger partial charge is 0.350 e. The average Bonchev–Trinajstić information content (AvgIpc) is 2.81. The van der Waals surface area contributed by atoms with Crippen molar-refractivity contribution in [3.8, 4) is 6.07 Å². The molecule has 23 heavy (non-hydrogen) atoms. The molecule has 114 valence electrons. The maximum absolute atomic E-state index is 11.7. The molecule has 0 aromatic heterocycles. The Balaban J connectivity index is 1.97. The second-order valence-corrected chi connectivity index (χ2v) is 5.20. The van der Waals surface area contributed by atoms with Gasteiger partial charge >= 0.3 is 0 Å². The second-order valence-electron chi connectivity index (χ2n) is 5.20. The number of nitrogens with zero attached hydrogens (tertiary/aromatic N) is 3. The number of rotatable bonds is 3. The van der Waals surface area contributed by atoms with Crippen molar-refractivity contribution in [3.63, 3.8) is 0 Å². The maximum atomic E-state index is 11.7. The van der Waals surface area contributed by atoms with Crippen LogP contribution in [0.5, 0.6) is 0 Å². The van der Waals surface area contributed by atoms with Crippen LogP contribution >= 0.6 is 0 Å². The third kappa shape index (κ3) is 2.58. The minimum Gasteiger partial charge on any atom is -0.350 e. The molecule has 2 aromatic carbocycles. The first-order chi connectivity index (χ1) is 11.0. The molecule has 7 nitrogen and oxygen atoms in total. The molecule has 0 spiro atoms. The number of carbonyl (C=O) groups is 1. The van der Waals surface area contributed by atoms with E-state index in [0.717, 1.165) is 11.3 Å². The van der Waals surface area contributed by atoms with Crippen molar-refractivity contribution in [1.29, 1.82) is 5.26 Å². The monoisotopic (exact) mass is 308 g/mol. The quantitative estimate of drug-likeness (QED) is 0.694. The van der Waals surface area contributed by atoms with E-state index in [2.05, 4.69) is 5.32 Å². The van der Waals surface area contributed by atoms with E-state index in [9.17, 15) is 14.9 Å². The number of anilines is 3. The molecule has 3 rings (SSSR count). The third-order valence-electron chi connectivity index (χ3n) is 3.76. The predicted molar refractivity (Wildman–Crippen MR) is 84.7 cm³/mol. The standard InChI is InChI=1S/C16H12N4O3/c1-19-14-5-3-12(7-11(14)8-16(19)21)18-13-6-10(9-17)2-4-15(13)20(22)23/h2-7,18H,8H2,1H3. The molecular weight excluding hydrogens is 296 g/mol. The highest BCUT2D eigenvalue weighted by atomic mass is 16.6. The summed E-state index contributed by atoms with van der Waals surface area (Å²) in [6, 6.07) is 11.4. The minimum absolute atomic E-state index is 0.00890. The molecule has 1 aliphatic heterocycles. The first-order valence-electron chi connectivity index (χ1n) is 6.84. The first kappa shape index (κ1) is 14.5. The van der Waals surface area contributed by atoms with E-state index in [1.807, 2.05) is 6.07 Å². The van der Waals surface area contributed by atoms with Gasteiger partial charge in [-0.3, -0.25) is 14.9 Å². The Kier molecular flexibility index (Phi) is 3.43. The summed E-state index contributed by atoms with van der Waals surface area (Å²) < 4.78 is 0. The van der Waals surface area contributed by atoms with Gasteiger partial charge in [-0.1, -0.05) is 0 Å². The predicted octanol–water partition coefficient (Wildman–Crippen LogP) is 2.73. The zero-order valence-electron chi connectivity index (χ0n) is 12.2. The SMILES string of the molecule is CN1C(=O)Cc2cc(Nc3cc(C#N)ccc3[N+](=O)[O-])ccc21. The Bertz CT molecular complexity index is 870. The van der Waals surface area contributed by atoms with Crippen LogP contribution in [0.15, 0.2) is 36.4 Å². The van der Waals surface area contributed by atoms with Crippen molar-refractivity contribution < 1.29 is 9.72 Å². The Morgan fingerprint density at radius 2 is 2.09 bits per heavy atom. The third-order valence-corrected chi connectivity index (χ3v) is 3.76. The number of fused-ring (bicyclic) bond motifs is 1. The molecule has 0 atom stereocenters. The van der Waals surface area contributed by atoms with Gasteiger partial charge in [-0.15, -0.1) is 0 Å². The molecule has 0 saturated heterocycles.